The molecule has 1 amide bonds. The first-order valence-corrected chi connectivity index (χ1v) is 11.0. The van der Waals surface area contributed by atoms with E-state index in [1.807, 2.05) is 13.8 Å². The van der Waals surface area contributed by atoms with Crippen molar-refractivity contribution in [2.24, 2.45) is 0 Å². The second-order valence-electron chi connectivity index (χ2n) is 7.74. The molecule has 1 atom stereocenters. The molecule has 1 aliphatic heterocycles. The molecule has 2 aromatic carbocycles. The van der Waals surface area contributed by atoms with Crippen LogP contribution in [0.5, 0.6) is 5.75 Å². The van der Waals surface area contributed by atoms with Crippen molar-refractivity contribution in [1.29, 1.82) is 0 Å². The number of halogens is 1. The topological polar surface area (TPSA) is 79.7 Å². The molecular formula is C26H23ClN2O4. The number of benzene rings is 2. The minimum atomic E-state index is -0.853. The van der Waals surface area contributed by atoms with Gasteiger partial charge in [-0.15, -0.1) is 0 Å². The molecule has 0 spiro atoms. The van der Waals surface area contributed by atoms with E-state index in [1.165, 1.54) is 4.90 Å². The molecule has 33 heavy (non-hydrogen) atoms. The Morgan fingerprint density at radius 2 is 1.88 bits per heavy atom. The Labute approximate surface area is 197 Å². The average molecular weight is 463 g/mol. The maximum Gasteiger partial charge on any atom is 0.301 e. The zero-order chi connectivity index (χ0) is 23.5. The van der Waals surface area contributed by atoms with Crippen molar-refractivity contribution in [2.75, 3.05) is 11.5 Å². The van der Waals surface area contributed by atoms with E-state index in [0.717, 1.165) is 12.0 Å². The highest BCUT2D eigenvalue weighted by molar-refractivity contribution is 6.51. The number of aliphatic hydroxyl groups excluding tert-OH is 1. The standard InChI is InChI=1S/C26H23ClN2O4/c1-3-14-33-20-12-9-18(15-16(20)2)24(30)22-23(17-7-10-19(27)11-8-17)29(26(32)25(22)31)21-6-4-5-13-28-21/h4-13,15,23,30H,3,14H2,1-2H3/b24-22-. The number of rotatable bonds is 6. The first-order valence-electron chi connectivity index (χ1n) is 10.6. The summed E-state index contributed by atoms with van der Waals surface area (Å²) in [6, 6.07) is 16.3. The number of carbonyl (C=O) groups excluding carboxylic acids is 2. The molecule has 0 bridgehead atoms. The van der Waals surface area contributed by atoms with Crippen molar-refractivity contribution in [3.8, 4) is 5.75 Å². The normalized spacial score (nSPS) is 17.4. The van der Waals surface area contributed by atoms with E-state index >= 15 is 0 Å². The summed E-state index contributed by atoms with van der Waals surface area (Å²) in [4.78, 5) is 31.8. The van der Waals surface area contributed by atoms with Crippen LogP contribution in [-0.4, -0.2) is 28.4 Å². The van der Waals surface area contributed by atoms with Gasteiger partial charge >= 0.3 is 5.91 Å². The smallest absolute Gasteiger partial charge is 0.301 e. The van der Waals surface area contributed by atoms with Gasteiger partial charge in [-0.05, 0) is 66.9 Å². The number of carbonyl (C=O) groups is 2. The molecule has 0 radical (unpaired) electrons. The summed E-state index contributed by atoms with van der Waals surface area (Å²) < 4.78 is 5.71. The van der Waals surface area contributed by atoms with Crippen LogP contribution < -0.4 is 9.64 Å². The third-order valence-electron chi connectivity index (χ3n) is 5.44. The SMILES string of the molecule is CCCOc1ccc(/C(O)=C2/C(=O)C(=O)N(c3ccccn3)C2c2ccc(Cl)cc2)cc1C. The Bertz CT molecular complexity index is 1220. The number of aryl methyl sites for hydroxylation is 1. The fourth-order valence-electron chi connectivity index (χ4n) is 3.85. The summed E-state index contributed by atoms with van der Waals surface area (Å²) in [5.41, 5.74) is 1.86. The maximum atomic E-state index is 13.2. The van der Waals surface area contributed by atoms with Crippen LogP contribution >= 0.6 is 11.6 Å². The van der Waals surface area contributed by atoms with Crippen LogP contribution in [0.25, 0.3) is 5.76 Å². The van der Waals surface area contributed by atoms with Gasteiger partial charge in [-0.25, -0.2) is 4.98 Å². The Morgan fingerprint density at radius 3 is 2.52 bits per heavy atom. The molecule has 2 heterocycles. The minimum Gasteiger partial charge on any atom is -0.507 e. The number of pyridine rings is 1. The first kappa shape index (κ1) is 22.6. The maximum absolute atomic E-state index is 13.2. The minimum absolute atomic E-state index is 0.00500. The van der Waals surface area contributed by atoms with Crippen molar-refractivity contribution in [2.45, 2.75) is 26.3 Å². The molecule has 0 aliphatic carbocycles. The van der Waals surface area contributed by atoms with Crippen LogP contribution in [0.2, 0.25) is 5.02 Å². The number of aromatic nitrogens is 1. The lowest BCUT2D eigenvalue weighted by molar-refractivity contribution is -0.132. The van der Waals surface area contributed by atoms with E-state index in [2.05, 4.69) is 4.98 Å². The largest absolute Gasteiger partial charge is 0.507 e. The summed E-state index contributed by atoms with van der Waals surface area (Å²) in [6.07, 6.45) is 2.42. The molecule has 1 aromatic heterocycles. The van der Waals surface area contributed by atoms with Gasteiger partial charge in [0.25, 0.3) is 5.78 Å². The number of hydrogen-bond acceptors (Lipinski definition) is 5. The van der Waals surface area contributed by atoms with Gasteiger partial charge in [0.05, 0.1) is 18.2 Å². The Balaban J connectivity index is 1.86. The predicted molar refractivity (Wildman–Crippen MR) is 127 cm³/mol. The number of ether oxygens (including phenoxy) is 1. The van der Waals surface area contributed by atoms with Crippen LogP contribution in [0.3, 0.4) is 0 Å². The Kier molecular flexibility index (Phi) is 6.47. The molecule has 1 saturated heterocycles. The molecule has 168 valence electrons. The van der Waals surface area contributed by atoms with Crippen LogP contribution in [0.15, 0.2) is 72.4 Å². The van der Waals surface area contributed by atoms with Gasteiger partial charge in [-0.2, -0.15) is 0 Å². The van der Waals surface area contributed by atoms with Crippen molar-refractivity contribution < 1.29 is 19.4 Å². The molecule has 1 N–H and O–H groups in total. The van der Waals surface area contributed by atoms with Gasteiger partial charge in [0.2, 0.25) is 0 Å². The van der Waals surface area contributed by atoms with E-state index < -0.39 is 17.7 Å². The quantitative estimate of drug-likeness (QED) is 0.299. The fourth-order valence-corrected chi connectivity index (χ4v) is 3.98. The van der Waals surface area contributed by atoms with Crippen molar-refractivity contribution >= 4 is 34.9 Å². The van der Waals surface area contributed by atoms with E-state index in [1.54, 1.807) is 66.9 Å². The van der Waals surface area contributed by atoms with Gasteiger partial charge in [0.15, 0.2) is 0 Å². The van der Waals surface area contributed by atoms with E-state index in [0.29, 0.717) is 34.3 Å². The molecule has 7 heteroatoms. The van der Waals surface area contributed by atoms with Crippen molar-refractivity contribution in [3.05, 3.63) is 94.1 Å². The third kappa shape index (κ3) is 4.34. The number of amides is 1. The highest BCUT2D eigenvalue weighted by atomic mass is 35.5. The molecule has 6 nitrogen and oxygen atoms in total. The zero-order valence-electron chi connectivity index (χ0n) is 18.3. The number of hydrogen-bond donors (Lipinski definition) is 1. The van der Waals surface area contributed by atoms with Crippen LogP contribution in [0.1, 0.15) is 36.1 Å². The van der Waals surface area contributed by atoms with Crippen LogP contribution in [0.4, 0.5) is 5.82 Å². The molecular weight excluding hydrogens is 440 g/mol. The summed E-state index contributed by atoms with van der Waals surface area (Å²) in [6.45, 7) is 4.47. The lowest BCUT2D eigenvalue weighted by Crippen LogP contribution is -2.30. The molecule has 1 aliphatic rings. The molecule has 0 saturated carbocycles. The Morgan fingerprint density at radius 1 is 1.12 bits per heavy atom. The van der Waals surface area contributed by atoms with Gasteiger partial charge in [0, 0.05) is 16.8 Å². The summed E-state index contributed by atoms with van der Waals surface area (Å²) >= 11 is 6.06. The van der Waals surface area contributed by atoms with Crippen LogP contribution in [-0.2, 0) is 9.59 Å². The molecule has 1 unspecified atom stereocenters. The van der Waals surface area contributed by atoms with Gasteiger partial charge in [-0.1, -0.05) is 36.7 Å². The van der Waals surface area contributed by atoms with Gasteiger partial charge in [-0.3, -0.25) is 14.5 Å². The predicted octanol–water partition coefficient (Wildman–Crippen LogP) is 5.46. The second-order valence-corrected chi connectivity index (χ2v) is 8.17. The second kappa shape index (κ2) is 9.46. The van der Waals surface area contributed by atoms with Crippen molar-refractivity contribution in [3.63, 3.8) is 0 Å². The van der Waals surface area contributed by atoms with Gasteiger partial charge < -0.3 is 9.84 Å². The summed E-state index contributed by atoms with van der Waals surface area (Å²) in [7, 11) is 0. The Hall–Kier alpha value is -3.64. The lowest BCUT2D eigenvalue weighted by atomic mass is 9.95. The number of anilines is 1. The van der Waals surface area contributed by atoms with E-state index in [4.69, 9.17) is 16.3 Å². The molecule has 4 rings (SSSR count). The summed E-state index contributed by atoms with van der Waals surface area (Å²) in [5, 5.41) is 11.8. The van der Waals surface area contributed by atoms with Crippen molar-refractivity contribution in [1.82, 2.24) is 4.98 Å². The highest BCUT2D eigenvalue weighted by Gasteiger charge is 2.47. The molecule has 1 fully saturated rings. The monoisotopic (exact) mass is 462 g/mol. The van der Waals surface area contributed by atoms with Crippen LogP contribution in [0, 0.1) is 6.92 Å². The van der Waals surface area contributed by atoms with E-state index in [-0.39, 0.29) is 11.3 Å². The third-order valence-corrected chi connectivity index (χ3v) is 5.69. The van der Waals surface area contributed by atoms with E-state index in [9.17, 15) is 14.7 Å². The number of ketones is 1. The van der Waals surface area contributed by atoms with Gasteiger partial charge in [0.1, 0.15) is 17.3 Å². The number of nitrogens with zero attached hydrogens (tertiary/aromatic N) is 2. The zero-order valence-corrected chi connectivity index (χ0v) is 19.0. The number of Topliss-reactive ketones (excluding diaryl/α,β-unsaturated/α-hetero) is 1. The molecule has 3 aromatic rings. The number of aliphatic hydroxyl groups is 1. The average Bonchev–Trinajstić information content (AvgIpc) is 3.09. The summed E-state index contributed by atoms with van der Waals surface area (Å²) in [5.74, 6) is -0.761. The lowest BCUT2D eigenvalue weighted by Gasteiger charge is -2.24. The highest BCUT2D eigenvalue weighted by Crippen LogP contribution is 2.42. The first-order chi connectivity index (χ1) is 15.9. The fraction of sp³-hybridized carbons (Fsp3) is 0.192.